The molecule has 0 heterocycles. The Labute approximate surface area is 76.4 Å². The van der Waals surface area contributed by atoms with E-state index in [4.69, 9.17) is 0 Å². The van der Waals surface area contributed by atoms with Gasteiger partial charge in [0, 0.05) is 6.92 Å². The molecule has 0 aliphatic rings. The molecule has 0 radical (unpaired) electrons. The first-order valence-electron chi connectivity index (χ1n) is 3.92. The normalized spacial score (nSPS) is 9.08. The lowest BCUT2D eigenvalue weighted by Crippen LogP contribution is -2.28. The number of carbonyl (C=O) groups excluding carboxylic acids is 3. The van der Waals surface area contributed by atoms with Gasteiger partial charge in [-0.2, -0.15) is 0 Å². The molecule has 0 aromatic rings. The van der Waals surface area contributed by atoms with Gasteiger partial charge in [0.25, 0.3) is 0 Å². The highest BCUT2D eigenvalue weighted by atomic mass is 16.5. The molecule has 0 aromatic heterocycles. The van der Waals surface area contributed by atoms with Crippen LogP contribution in [0.25, 0.3) is 0 Å². The van der Waals surface area contributed by atoms with Gasteiger partial charge in [-0.25, -0.2) is 0 Å². The highest BCUT2D eigenvalue weighted by Gasteiger charge is 2.03. The van der Waals surface area contributed by atoms with Crippen LogP contribution in [0, 0.1) is 0 Å². The maximum absolute atomic E-state index is 10.8. The molecule has 1 N–H and O–H groups in total. The Hall–Kier alpha value is -1.39. The number of Topliss-reactive ketones (excluding diaryl/α,β-unsaturated/α-hetero) is 1. The van der Waals surface area contributed by atoms with Gasteiger partial charge < -0.3 is 10.1 Å². The third-order valence-electron chi connectivity index (χ3n) is 1.14. The predicted octanol–water partition coefficient (Wildman–Crippen LogP) is -0.355. The van der Waals surface area contributed by atoms with Crippen molar-refractivity contribution >= 4 is 17.7 Å². The standard InChI is InChI=1S/C8H13NO4/c1-6(10)5-8(12)9-3-4-13-7(2)11/h3-5H2,1-2H3,(H,9,12). The maximum atomic E-state index is 10.8. The largest absolute Gasteiger partial charge is 0.464 e. The van der Waals surface area contributed by atoms with Gasteiger partial charge in [0.05, 0.1) is 13.0 Å². The topological polar surface area (TPSA) is 72.5 Å². The van der Waals surface area contributed by atoms with Crippen molar-refractivity contribution < 1.29 is 19.1 Å². The number of esters is 1. The van der Waals surface area contributed by atoms with Gasteiger partial charge in [0.15, 0.2) is 0 Å². The first kappa shape index (κ1) is 11.6. The second-order valence-electron chi connectivity index (χ2n) is 2.57. The monoisotopic (exact) mass is 187 g/mol. The van der Waals surface area contributed by atoms with Crippen molar-refractivity contribution in [1.82, 2.24) is 5.32 Å². The lowest BCUT2D eigenvalue weighted by atomic mass is 10.3. The molecule has 1 amide bonds. The molecule has 0 bridgehead atoms. The smallest absolute Gasteiger partial charge is 0.302 e. The van der Waals surface area contributed by atoms with E-state index in [-0.39, 0.29) is 37.2 Å². The zero-order valence-electron chi connectivity index (χ0n) is 7.75. The van der Waals surface area contributed by atoms with Crippen molar-refractivity contribution in [2.45, 2.75) is 20.3 Å². The predicted molar refractivity (Wildman–Crippen MR) is 44.9 cm³/mol. The van der Waals surface area contributed by atoms with Crippen LogP contribution < -0.4 is 5.32 Å². The summed E-state index contributed by atoms with van der Waals surface area (Å²) >= 11 is 0. The molecule has 0 aliphatic carbocycles. The lowest BCUT2D eigenvalue weighted by Gasteiger charge is -2.03. The van der Waals surface area contributed by atoms with Gasteiger partial charge in [-0.1, -0.05) is 0 Å². The van der Waals surface area contributed by atoms with E-state index in [1.807, 2.05) is 0 Å². The van der Waals surface area contributed by atoms with Crippen molar-refractivity contribution in [2.75, 3.05) is 13.2 Å². The van der Waals surface area contributed by atoms with Crippen molar-refractivity contribution in [3.8, 4) is 0 Å². The second-order valence-corrected chi connectivity index (χ2v) is 2.57. The molecular weight excluding hydrogens is 174 g/mol. The molecule has 0 spiro atoms. The number of hydrogen-bond acceptors (Lipinski definition) is 4. The number of carbonyl (C=O) groups is 3. The van der Waals surface area contributed by atoms with Crippen LogP contribution in [0.5, 0.6) is 0 Å². The maximum Gasteiger partial charge on any atom is 0.302 e. The fourth-order valence-corrected chi connectivity index (χ4v) is 0.674. The number of nitrogens with one attached hydrogen (secondary N) is 1. The van der Waals surface area contributed by atoms with E-state index in [0.29, 0.717) is 0 Å². The van der Waals surface area contributed by atoms with Crippen molar-refractivity contribution in [3.05, 3.63) is 0 Å². The van der Waals surface area contributed by atoms with E-state index in [2.05, 4.69) is 10.1 Å². The molecule has 74 valence electrons. The van der Waals surface area contributed by atoms with Crippen molar-refractivity contribution in [1.29, 1.82) is 0 Å². The zero-order valence-corrected chi connectivity index (χ0v) is 7.75. The Morgan fingerprint density at radius 1 is 1.23 bits per heavy atom. The van der Waals surface area contributed by atoms with E-state index < -0.39 is 0 Å². The van der Waals surface area contributed by atoms with E-state index in [1.54, 1.807) is 0 Å². The van der Waals surface area contributed by atoms with Crippen molar-refractivity contribution in [2.24, 2.45) is 0 Å². The molecule has 0 atom stereocenters. The highest BCUT2D eigenvalue weighted by molar-refractivity contribution is 5.96. The van der Waals surface area contributed by atoms with Crippen LogP contribution in [-0.2, 0) is 19.1 Å². The molecule has 13 heavy (non-hydrogen) atoms. The number of amides is 1. The summed E-state index contributed by atoms with van der Waals surface area (Å²) < 4.78 is 4.56. The van der Waals surface area contributed by atoms with Gasteiger partial charge in [-0.3, -0.25) is 14.4 Å². The van der Waals surface area contributed by atoms with E-state index in [9.17, 15) is 14.4 Å². The quantitative estimate of drug-likeness (QED) is 0.362. The average Bonchev–Trinajstić information content (AvgIpc) is 1.96. The molecule has 5 nitrogen and oxygen atoms in total. The molecule has 5 heteroatoms. The van der Waals surface area contributed by atoms with Crippen LogP contribution >= 0.6 is 0 Å². The van der Waals surface area contributed by atoms with E-state index in [1.165, 1.54) is 13.8 Å². The summed E-state index contributed by atoms with van der Waals surface area (Å²) in [6, 6.07) is 0. The Bertz CT molecular complexity index is 212. The van der Waals surface area contributed by atoms with E-state index >= 15 is 0 Å². The molecule has 0 saturated carbocycles. The molecule has 0 unspecified atom stereocenters. The molecular formula is C8H13NO4. The fraction of sp³-hybridized carbons (Fsp3) is 0.625. The highest BCUT2D eigenvalue weighted by Crippen LogP contribution is 1.81. The zero-order chi connectivity index (χ0) is 10.3. The third kappa shape index (κ3) is 8.52. The summed E-state index contributed by atoms with van der Waals surface area (Å²) in [6.45, 7) is 3.01. The fourth-order valence-electron chi connectivity index (χ4n) is 0.674. The number of rotatable bonds is 5. The third-order valence-corrected chi connectivity index (χ3v) is 1.14. The van der Waals surface area contributed by atoms with Gasteiger partial charge in [0.2, 0.25) is 5.91 Å². The van der Waals surface area contributed by atoms with Crippen LogP contribution in [0.2, 0.25) is 0 Å². The Kier molecular flexibility index (Phi) is 5.50. The number of hydrogen-bond donors (Lipinski definition) is 1. The van der Waals surface area contributed by atoms with Crippen LogP contribution in [0.15, 0.2) is 0 Å². The van der Waals surface area contributed by atoms with Crippen LogP contribution in [0.1, 0.15) is 20.3 Å². The molecule has 0 saturated heterocycles. The van der Waals surface area contributed by atoms with Crippen LogP contribution in [0.3, 0.4) is 0 Å². The second kappa shape index (κ2) is 6.16. The number of ether oxygens (including phenoxy) is 1. The SMILES string of the molecule is CC(=O)CC(=O)NCCOC(C)=O. The van der Waals surface area contributed by atoms with Crippen molar-refractivity contribution in [3.63, 3.8) is 0 Å². The van der Waals surface area contributed by atoms with E-state index in [0.717, 1.165) is 0 Å². The minimum Gasteiger partial charge on any atom is -0.464 e. The summed E-state index contributed by atoms with van der Waals surface area (Å²) in [7, 11) is 0. The molecule has 0 aromatic carbocycles. The molecule has 0 aliphatic heterocycles. The molecule has 0 fully saturated rings. The van der Waals surface area contributed by atoms with Gasteiger partial charge >= 0.3 is 5.97 Å². The minimum absolute atomic E-state index is 0.125. The van der Waals surface area contributed by atoms with Crippen LogP contribution in [0.4, 0.5) is 0 Å². The molecule has 0 rings (SSSR count). The van der Waals surface area contributed by atoms with Gasteiger partial charge in [-0.05, 0) is 6.92 Å². The number of ketones is 1. The Morgan fingerprint density at radius 2 is 1.85 bits per heavy atom. The summed E-state index contributed by atoms with van der Waals surface area (Å²) in [6.07, 6.45) is -0.125. The average molecular weight is 187 g/mol. The van der Waals surface area contributed by atoms with Gasteiger partial charge in [0.1, 0.15) is 12.4 Å². The Balaban J connectivity index is 3.37. The lowest BCUT2D eigenvalue weighted by molar-refractivity contribution is -0.141. The summed E-state index contributed by atoms with van der Waals surface area (Å²) in [4.78, 5) is 31.6. The minimum atomic E-state index is -0.388. The first-order chi connectivity index (χ1) is 6.02. The summed E-state index contributed by atoms with van der Waals surface area (Å²) in [5.41, 5.74) is 0. The van der Waals surface area contributed by atoms with Gasteiger partial charge in [-0.15, -0.1) is 0 Å². The van der Waals surface area contributed by atoms with Crippen LogP contribution in [-0.4, -0.2) is 30.8 Å². The first-order valence-corrected chi connectivity index (χ1v) is 3.92. The Morgan fingerprint density at radius 3 is 2.31 bits per heavy atom. The summed E-state index contributed by atoms with van der Waals surface area (Å²) in [5.74, 6) is -0.926. The summed E-state index contributed by atoms with van der Waals surface area (Å²) in [5, 5.41) is 2.43.